The lowest BCUT2D eigenvalue weighted by molar-refractivity contribution is 0.547. The first kappa shape index (κ1) is 11.0. The molecule has 82 valence electrons. The van der Waals surface area contributed by atoms with Crippen molar-refractivity contribution in [3.05, 3.63) is 35.4 Å². The van der Waals surface area contributed by atoms with Gasteiger partial charge in [-0.3, -0.25) is 0 Å². The molecule has 2 unspecified atom stereocenters. The number of rotatable bonds is 3. The Bertz CT molecular complexity index is 302. The molecule has 2 atom stereocenters. The smallest absolute Gasteiger partial charge is 0.0338 e. The van der Waals surface area contributed by atoms with Crippen LogP contribution in [0.2, 0.25) is 0 Å². The lowest BCUT2D eigenvalue weighted by Crippen LogP contribution is -2.00. The van der Waals surface area contributed by atoms with Crippen LogP contribution < -0.4 is 0 Å². The van der Waals surface area contributed by atoms with Crippen molar-refractivity contribution in [2.45, 2.75) is 44.4 Å². The quantitative estimate of drug-likeness (QED) is 0.673. The molecular weight excluding hydrogens is 204 g/mol. The molecular formula is C14H19Cl. The summed E-state index contributed by atoms with van der Waals surface area (Å²) in [6.45, 7) is 2.20. The van der Waals surface area contributed by atoms with Crippen LogP contribution in [-0.4, -0.2) is 5.38 Å². The van der Waals surface area contributed by atoms with Gasteiger partial charge in [0.1, 0.15) is 0 Å². The van der Waals surface area contributed by atoms with Gasteiger partial charge in [-0.15, -0.1) is 11.6 Å². The molecule has 0 nitrogen and oxygen atoms in total. The second kappa shape index (κ2) is 5.03. The van der Waals surface area contributed by atoms with Crippen molar-refractivity contribution in [3.8, 4) is 0 Å². The van der Waals surface area contributed by atoms with Gasteiger partial charge in [0.2, 0.25) is 0 Å². The van der Waals surface area contributed by atoms with Crippen molar-refractivity contribution in [2.75, 3.05) is 0 Å². The molecule has 1 aliphatic carbocycles. The van der Waals surface area contributed by atoms with Crippen LogP contribution in [0.3, 0.4) is 0 Å². The van der Waals surface area contributed by atoms with Gasteiger partial charge in [-0.2, -0.15) is 0 Å². The largest absolute Gasteiger partial charge is 0.123 e. The summed E-state index contributed by atoms with van der Waals surface area (Å²) in [5, 5.41) is 0.435. The summed E-state index contributed by atoms with van der Waals surface area (Å²) in [5.41, 5.74) is 2.91. The molecule has 0 radical (unpaired) electrons. The molecule has 2 rings (SSSR count). The van der Waals surface area contributed by atoms with Gasteiger partial charge >= 0.3 is 0 Å². The Morgan fingerprint density at radius 3 is 2.33 bits per heavy atom. The SMILES string of the molecule is CCc1ccc(CC2CCC(Cl)C2)cc1. The van der Waals surface area contributed by atoms with E-state index in [2.05, 4.69) is 31.2 Å². The van der Waals surface area contributed by atoms with Crippen molar-refractivity contribution in [1.29, 1.82) is 0 Å². The van der Waals surface area contributed by atoms with Crippen LogP contribution in [0, 0.1) is 5.92 Å². The van der Waals surface area contributed by atoms with E-state index in [1.165, 1.54) is 36.8 Å². The summed E-state index contributed by atoms with van der Waals surface area (Å²) < 4.78 is 0. The van der Waals surface area contributed by atoms with E-state index in [4.69, 9.17) is 11.6 Å². The van der Waals surface area contributed by atoms with E-state index in [-0.39, 0.29) is 0 Å². The van der Waals surface area contributed by atoms with Crippen molar-refractivity contribution in [2.24, 2.45) is 5.92 Å². The van der Waals surface area contributed by atoms with Gasteiger partial charge in [0.25, 0.3) is 0 Å². The van der Waals surface area contributed by atoms with Crippen LogP contribution in [0.5, 0.6) is 0 Å². The Hall–Kier alpha value is -0.490. The van der Waals surface area contributed by atoms with Crippen LogP contribution in [0.25, 0.3) is 0 Å². The van der Waals surface area contributed by atoms with Crippen LogP contribution in [0.15, 0.2) is 24.3 Å². The summed E-state index contributed by atoms with van der Waals surface area (Å²) in [5.74, 6) is 0.819. The van der Waals surface area contributed by atoms with Gasteiger partial charge in [0, 0.05) is 5.38 Å². The number of alkyl halides is 1. The van der Waals surface area contributed by atoms with Gasteiger partial charge in [0.15, 0.2) is 0 Å². The Morgan fingerprint density at radius 2 is 1.80 bits per heavy atom. The lowest BCUT2D eigenvalue weighted by atomic mass is 9.97. The first-order valence-corrected chi connectivity index (χ1v) is 6.43. The number of hydrogen-bond donors (Lipinski definition) is 0. The van der Waals surface area contributed by atoms with E-state index in [0.29, 0.717) is 5.38 Å². The molecule has 0 saturated heterocycles. The molecule has 1 heteroatoms. The van der Waals surface area contributed by atoms with E-state index >= 15 is 0 Å². The van der Waals surface area contributed by atoms with Gasteiger partial charge in [-0.1, -0.05) is 31.2 Å². The van der Waals surface area contributed by atoms with Gasteiger partial charge < -0.3 is 0 Å². The fourth-order valence-corrected chi connectivity index (χ4v) is 2.82. The van der Waals surface area contributed by atoms with Crippen molar-refractivity contribution < 1.29 is 0 Å². The van der Waals surface area contributed by atoms with Gasteiger partial charge in [0.05, 0.1) is 0 Å². The summed E-state index contributed by atoms with van der Waals surface area (Å²) in [6.07, 6.45) is 6.07. The molecule has 1 fully saturated rings. The maximum absolute atomic E-state index is 6.12. The van der Waals surface area contributed by atoms with E-state index in [1.807, 2.05) is 0 Å². The highest BCUT2D eigenvalue weighted by molar-refractivity contribution is 6.20. The van der Waals surface area contributed by atoms with Crippen LogP contribution in [0.4, 0.5) is 0 Å². The third-order valence-corrected chi connectivity index (χ3v) is 3.83. The summed E-state index contributed by atoms with van der Waals surface area (Å²) in [6, 6.07) is 9.06. The molecule has 0 bridgehead atoms. The maximum Gasteiger partial charge on any atom is 0.0338 e. The summed E-state index contributed by atoms with van der Waals surface area (Å²) >= 11 is 6.12. The minimum atomic E-state index is 0.435. The number of benzene rings is 1. The molecule has 0 heterocycles. The van der Waals surface area contributed by atoms with Crippen LogP contribution >= 0.6 is 11.6 Å². The number of halogens is 1. The monoisotopic (exact) mass is 222 g/mol. The third-order valence-electron chi connectivity index (χ3n) is 3.43. The first-order valence-electron chi connectivity index (χ1n) is 6.00. The molecule has 0 amide bonds. The fourth-order valence-electron chi connectivity index (χ4n) is 2.44. The standard InChI is InChI=1S/C14H19Cl/c1-2-11-3-5-12(6-4-11)9-13-7-8-14(15)10-13/h3-6,13-14H,2,7-10H2,1H3. The minimum Gasteiger partial charge on any atom is -0.123 e. The Labute approximate surface area is 97.6 Å². The summed E-state index contributed by atoms with van der Waals surface area (Å²) in [7, 11) is 0. The molecule has 0 aromatic heterocycles. The van der Waals surface area contributed by atoms with Crippen molar-refractivity contribution in [1.82, 2.24) is 0 Å². The summed E-state index contributed by atoms with van der Waals surface area (Å²) in [4.78, 5) is 0. The zero-order valence-corrected chi connectivity index (χ0v) is 10.1. The van der Waals surface area contributed by atoms with Gasteiger partial charge in [-0.05, 0) is 49.1 Å². The first-order chi connectivity index (χ1) is 7.28. The van der Waals surface area contributed by atoms with E-state index in [9.17, 15) is 0 Å². The zero-order valence-electron chi connectivity index (χ0n) is 9.38. The van der Waals surface area contributed by atoms with E-state index < -0.39 is 0 Å². The Balaban J connectivity index is 1.93. The highest BCUT2D eigenvalue weighted by Gasteiger charge is 2.22. The molecule has 1 aliphatic rings. The molecule has 0 N–H and O–H groups in total. The van der Waals surface area contributed by atoms with Crippen LogP contribution in [-0.2, 0) is 12.8 Å². The van der Waals surface area contributed by atoms with Gasteiger partial charge in [-0.25, -0.2) is 0 Å². The minimum absolute atomic E-state index is 0.435. The zero-order chi connectivity index (χ0) is 10.7. The predicted octanol–water partition coefficient (Wildman–Crippen LogP) is 4.20. The average Bonchev–Trinajstić information content (AvgIpc) is 2.65. The fraction of sp³-hybridized carbons (Fsp3) is 0.571. The highest BCUT2D eigenvalue weighted by atomic mass is 35.5. The van der Waals surface area contributed by atoms with E-state index in [1.54, 1.807) is 0 Å². The number of aryl methyl sites for hydroxylation is 1. The molecule has 1 aromatic carbocycles. The second-order valence-corrected chi connectivity index (χ2v) is 5.27. The van der Waals surface area contributed by atoms with E-state index in [0.717, 1.165) is 12.3 Å². The average molecular weight is 223 g/mol. The normalized spacial score (nSPS) is 25.7. The molecule has 1 saturated carbocycles. The Kier molecular flexibility index (Phi) is 3.69. The topological polar surface area (TPSA) is 0 Å². The third kappa shape index (κ3) is 2.98. The van der Waals surface area contributed by atoms with Crippen molar-refractivity contribution in [3.63, 3.8) is 0 Å². The van der Waals surface area contributed by atoms with Crippen molar-refractivity contribution >= 4 is 11.6 Å². The molecule has 15 heavy (non-hydrogen) atoms. The highest BCUT2D eigenvalue weighted by Crippen LogP contribution is 2.31. The molecule has 0 spiro atoms. The lowest BCUT2D eigenvalue weighted by Gasteiger charge is -2.09. The Morgan fingerprint density at radius 1 is 1.13 bits per heavy atom. The number of hydrogen-bond acceptors (Lipinski definition) is 0. The molecule has 1 aromatic rings. The molecule has 0 aliphatic heterocycles. The predicted molar refractivity (Wildman–Crippen MR) is 66.5 cm³/mol. The van der Waals surface area contributed by atoms with Crippen LogP contribution in [0.1, 0.15) is 37.3 Å². The second-order valence-electron chi connectivity index (χ2n) is 4.65. The maximum atomic E-state index is 6.12.